The van der Waals surface area contributed by atoms with Gasteiger partial charge in [0.25, 0.3) is 0 Å². The predicted molar refractivity (Wildman–Crippen MR) is 72.1 cm³/mol. The van der Waals surface area contributed by atoms with E-state index in [0.29, 0.717) is 5.41 Å². The predicted octanol–water partition coefficient (Wildman–Crippen LogP) is 4.08. The minimum Gasteiger partial charge on any atom is -0.309 e. The van der Waals surface area contributed by atoms with Crippen LogP contribution in [0.15, 0.2) is 12.1 Å². The van der Waals surface area contributed by atoms with Crippen LogP contribution in [0.2, 0.25) is 0 Å². The Kier molecular flexibility index (Phi) is 3.70. The molecule has 0 spiro atoms. The van der Waals surface area contributed by atoms with Crippen LogP contribution in [0.5, 0.6) is 0 Å². The van der Waals surface area contributed by atoms with Gasteiger partial charge in [0.05, 0.1) is 0 Å². The molecule has 0 aromatic carbocycles. The molecular formula is C14H23NS. The third kappa shape index (κ3) is 3.08. The van der Waals surface area contributed by atoms with Crippen molar-refractivity contribution >= 4 is 11.3 Å². The molecule has 1 aromatic heterocycles. The molecule has 0 unspecified atom stereocenters. The summed E-state index contributed by atoms with van der Waals surface area (Å²) in [5.74, 6) is 0. The van der Waals surface area contributed by atoms with E-state index in [9.17, 15) is 0 Å². The molecule has 0 atom stereocenters. The normalized spacial score (nSPS) is 18.2. The molecule has 0 amide bonds. The average molecular weight is 237 g/mol. The summed E-state index contributed by atoms with van der Waals surface area (Å²) in [6.07, 6.45) is 5.57. The number of hydrogen-bond acceptors (Lipinski definition) is 2. The molecule has 1 aliphatic carbocycles. The van der Waals surface area contributed by atoms with E-state index in [1.54, 1.807) is 0 Å². The molecule has 90 valence electrons. The lowest BCUT2D eigenvalue weighted by molar-refractivity contribution is 0.527. The maximum atomic E-state index is 3.67. The van der Waals surface area contributed by atoms with E-state index in [1.807, 2.05) is 11.3 Å². The third-order valence-corrected chi connectivity index (χ3v) is 4.83. The highest BCUT2D eigenvalue weighted by molar-refractivity contribution is 7.12. The lowest BCUT2D eigenvalue weighted by Crippen LogP contribution is -2.24. The molecule has 0 radical (unpaired) electrons. The Morgan fingerprint density at radius 1 is 1.25 bits per heavy atom. The molecule has 2 rings (SSSR count). The zero-order valence-corrected chi connectivity index (χ0v) is 11.5. The third-order valence-electron chi connectivity index (χ3n) is 3.32. The summed E-state index contributed by atoms with van der Waals surface area (Å²) in [5.41, 5.74) is 0.302. The maximum absolute atomic E-state index is 3.67. The van der Waals surface area contributed by atoms with E-state index in [-0.39, 0.29) is 0 Å². The molecule has 16 heavy (non-hydrogen) atoms. The maximum Gasteiger partial charge on any atom is 0.0302 e. The van der Waals surface area contributed by atoms with Crippen LogP contribution in [0.1, 0.15) is 56.2 Å². The Balaban J connectivity index is 1.87. The standard InChI is InChI=1S/C14H23NS/c1-14(2,3)13-9-8-12(16-13)10-15-11-6-4-5-7-11/h8-9,11,15H,4-7,10H2,1-3H3. The highest BCUT2D eigenvalue weighted by atomic mass is 32.1. The summed E-state index contributed by atoms with van der Waals surface area (Å²) >= 11 is 1.96. The van der Waals surface area contributed by atoms with Crippen molar-refractivity contribution in [1.29, 1.82) is 0 Å². The van der Waals surface area contributed by atoms with E-state index >= 15 is 0 Å². The summed E-state index contributed by atoms with van der Waals surface area (Å²) in [4.78, 5) is 2.98. The molecule has 1 N–H and O–H groups in total. The van der Waals surface area contributed by atoms with Crippen LogP contribution in [-0.2, 0) is 12.0 Å². The van der Waals surface area contributed by atoms with Crippen molar-refractivity contribution in [3.63, 3.8) is 0 Å². The molecule has 0 bridgehead atoms. The van der Waals surface area contributed by atoms with Crippen molar-refractivity contribution in [2.24, 2.45) is 0 Å². The SMILES string of the molecule is CC(C)(C)c1ccc(CNC2CCCC2)s1. The first kappa shape index (κ1) is 12.1. The molecule has 1 nitrogen and oxygen atoms in total. The smallest absolute Gasteiger partial charge is 0.0302 e. The zero-order valence-electron chi connectivity index (χ0n) is 10.7. The van der Waals surface area contributed by atoms with Gasteiger partial charge in [-0.2, -0.15) is 0 Å². The second-order valence-electron chi connectivity index (χ2n) is 5.88. The van der Waals surface area contributed by atoms with Crippen LogP contribution in [-0.4, -0.2) is 6.04 Å². The van der Waals surface area contributed by atoms with Crippen LogP contribution >= 0.6 is 11.3 Å². The Morgan fingerprint density at radius 2 is 1.94 bits per heavy atom. The van der Waals surface area contributed by atoms with Gasteiger partial charge in [-0.3, -0.25) is 0 Å². The number of thiophene rings is 1. The van der Waals surface area contributed by atoms with Gasteiger partial charge in [0, 0.05) is 22.3 Å². The quantitative estimate of drug-likeness (QED) is 0.835. The average Bonchev–Trinajstić information content (AvgIpc) is 2.85. The molecule has 1 fully saturated rings. The van der Waals surface area contributed by atoms with Gasteiger partial charge >= 0.3 is 0 Å². The van der Waals surface area contributed by atoms with E-state index in [1.165, 1.54) is 35.4 Å². The first-order chi connectivity index (χ1) is 7.55. The number of nitrogens with one attached hydrogen (secondary N) is 1. The molecule has 1 aromatic rings. The highest BCUT2D eigenvalue weighted by Gasteiger charge is 2.17. The highest BCUT2D eigenvalue weighted by Crippen LogP contribution is 2.29. The molecular weight excluding hydrogens is 214 g/mol. The first-order valence-corrected chi connectivity index (χ1v) is 7.20. The molecule has 1 heterocycles. The lowest BCUT2D eigenvalue weighted by Gasteiger charge is -2.15. The Labute approximate surface area is 103 Å². The second-order valence-corrected chi connectivity index (χ2v) is 7.05. The fourth-order valence-corrected chi connectivity index (χ4v) is 3.27. The van der Waals surface area contributed by atoms with Crippen molar-refractivity contribution in [1.82, 2.24) is 5.32 Å². The van der Waals surface area contributed by atoms with E-state index < -0.39 is 0 Å². The molecule has 0 saturated heterocycles. The molecule has 2 heteroatoms. The van der Waals surface area contributed by atoms with Crippen LogP contribution < -0.4 is 5.32 Å². The van der Waals surface area contributed by atoms with Gasteiger partial charge in [0.15, 0.2) is 0 Å². The van der Waals surface area contributed by atoms with Crippen molar-refractivity contribution < 1.29 is 0 Å². The van der Waals surface area contributed by atoms with Gasteiger partial charge in [0.1, 0.15) is 0 Å². The van der Waals surface area contributed by atoms with Crippen LogP contribution in [0.25, 0.3) is 0 Å². The Morgan fingerprint density at radius 3 is 2.50 bits per heavy atom. The summed E-state index contributed by atoms with van der Waals surface area (Å²) in [6.45, 7) is 7.92. The monoisotopic (exact) mass is 237 g/mol. The Hall–Kier alpha value is -0.340. The van der Waals surface area contributed by atoms with Crippen molar-refractivity contribution in [3.8, 4) is 0 Å². The minimum absolute atomic E-state index is 0.302. The first-order valence-electron chi connectivity index (χ1n) is 6.38. The minimum atomic E-state index is 0.302. The van der Waals surface area contributed by atoms with E-state index in [4.69, 9.17) is 0 Å². The molecule has 1 saturated carbocycles. The van der Waals surface area contributed by atoms with Crippen molar-refractivity contribution in [2.45, 2.75) is 64.5 Å². The van der Waals surface area contributed by atoms with Gasteiger partial charge in [-0.05, 0) is 30.4 Å². The largest absolute Gasteiger partial charge is 0.309 e. The van der Waals surface area contributed by atoms with Crippen LogP contribution in [0.3, 0.4) is 0 Å². The Bertz CT molecular complexity index is 329. The van der Waals surface area contributed by atoms with Crippen LogP contribution in [0, 0.1) is 0 Å². The summed E-state index contributed by atoms with van der Waals surface area (Å²) in [7, 11) is 0. The zero-order chi connectivity index (χ0) is 11.6. The van der Waals surface area contributed by atoms with Crippen LogP contribution in [0.4, 0.5) is 0 Å². The van der Waals surface area contributed by atoms with Crippen molar-refractivity contribution in [3.05, 3.63) is 21.9 Å². The summed E-state index contributed by atoms with van der Waals surface area (Å²) < 4.78 is 0. The topological polar surface area (TPSA) is 12.0 Å². The van der Waals surface area contributed by atoms with Gasteiger partial charge in [-0.25, -0.2) is 0 Å². The van der Waals surface area contributed by atoms with Gasteiger partial charge in [-0.15, -0.1) is 11.3 Å². The van der Waals surface area contributed by atoms with E-state index in [2.05, 4.69) is 38.2 Å². The fourth-order valence-electron chi connectivity index (χ4n) is 2.25. The van der Waals surface area contributed by atoms with Crippen molar-refractivity contribution in [2.75, 3.05) is 0 Å². The summed E-state index contributed by atoms with van der Waals surface area (Å²) in [5, 5.41) is 3.67. The van der Waals surface area contributed by atoms with Gasteiger partial charge in [0.2, 0.25) is 0 Å². The molecule has 0 aliphatic heterocycles. The van der Waals surface area contributed by atoms with E-state index in [0.717, 1.165) is 12.6 Å². The number of hydrogen-bond donors (Lipinski definition) is 1. The number of rotatable bonds is 3. The lowest BCUT2D eigenvalue weighted by atomic mass is 9.95. The van der Waals surface area contributed by atoms with Gasteiger partial charge < -0.3 is 5.32 Å². The summed E-state index contributed by atoms with van der Waals surface area (Å²) in [6, 6.07) is 5.35. The second kappa shape index (κ2) is 4.89. The fraction of sp³-hybridized carbons (Fsp3) is 0.714. The molecule has 1 aliphatic rings. The van der Waals surface area contributed by atoms with Gasteiger partial charge in [-0.1, -0.05) is 33.6 Å².